The lowest BCUT2D eigenvalue weighted by Gasteiger charge is -2.23. The molecule has 0 aliphatic heterocycles. The maximum absolute atomic E-state index is 11.3. The second kappa shape index (κ2) is 7.08. The first kappa shape index (κ1) is 14.6. The van der Waals surface area contributed by atoms with E-state index in [1.807, 2.05) is 13.1 Å². The van der Waals surface area contributed by atoms with E-state index in [0.717, 1.165) is 5.69 Å². The molecule has 1 aromatic heterocycles. The van der Waals surface area contributed by atoms with Gasteiger partial charge in [0.05, 0.1) is 25.0 Å². The van der Waals surface area contributed by atoms with Crippen molar-refractivity contribution in [2.75, 3.05) is 27.9 Å². The van der Waals surface area contributed by atoms with Gasteiger partial charge in [-0.05, 0) is 26.1 Å². The van der Waals surface area contributed by atoms with Crippen LogP contribution in [0.3, 0.4) is 0 Å². The van der Waals surface area contributed by atoms with Crippen LogP contribution in [0.4, 0.5) is 0 Å². The number of carbonyl (C=O) groups is 1. The minimum atomic E-state index is -0.366. The number of pyridine rings is 1. The highest BCUT2D eigenvalue weighted by Gasteiger charge is 2.11. The minimum Gasteiger partial charge on any atom is -0.465 e. The smallest absolute Gasteiger partial charge is 0.339 e. The Morgan fingerprint density at radius 2 is 2.17 bits per heavy atom. The van der Waals surface area contributed by atoms with Crippen LogP contribution in [0.5, 0.6) is 0 Å². The third-order valence-electron chi connectivity index (χ3n) is 2.82. The molecule has 1 unspecified atom stereocenters. The fraction of sp³-hybridized carbons (Fsp3) is 0.538. The molecule has 100 valence electrons. The van der Waals surface area contributed by atoms with Crippen molar-refractivity contribution in [3.05, 3.63) is 29.6 Å². The van der Waals surface area contributed by atoms with Crippen molar-refractivity contribution in [2.24, 2.45) is 0 Å². The van der Waals surface area contributed by atoms with Crippen LogP contribution in [-0.2, 0) is 16.0 Å². The molecule has 1 heterocycles. The second-order valence-electron chi connectivity index (χ2n) is 4.25. The summed E-state index contributed by atoms with van der Waals surface area (Å²) in [5.41, 5.74) is 1.38. The molecule has 0 fully saturated rings. The number of hydrogen-bond acceptors (Lipinski definition) is 5. The minimum absolute atomic E-state index is 0.317. The molecule has 0 radical (unpaired) electrons. The first-order valence-corrected chi connectivity index (χ1v) is 5.81. The van der Waals surface area contributed by atoms with Crippen LogP contribution in [0.25, 0.3) is 0 Å². The number of esters is 1. The lowest BCUT2D eigenvalue weighted by atomic mass is 10.2. The molecule has 0 saturated carbocycles. The quantitative estimate of drug-likeness (QED) is 0.715. The molecule has 1 atom stereocenters. The zero-order valence-corrected chi connectivity index (χ0v) is 11.3. The number of nitrogens with zero attached hydrogens (tertiary/aromatic N) is 2. The van der Waals surface area contributed by atoms with Crippen molar-refractivity contribution < 1.29 is 14.3 Å². The van der Waals surface area contributed by atoms with Crippen molar-refractivity contribution in [1.82, 2.24) is 9.88 Å². The lowest BCUT2D eigenvalue weighted by Crippen LogP contribution is -2.32. The molecule has 1 aromatic rings. The Kier molecular flexibility index (Phi) is 5.74. The Morgan fingerprint density at radius 1 is 1.44 bits per heavy atom. The van der Waals surface area contributed by atoms with Crippen molar-refractivity contribution >= 4 is 5.97 Å². The van der Waals surface area contributed by atoms with Crippen molar-refractivity contribution in [1.29, 1.82) is 0 Å². The average molecular weight is 252 g/mol. The van der Waals surface area contributed by atoms with E-state index in [1.54, 1.807) is 13.2 Å². The number of ether oxygens (including phenoxy) is 2. The predicted molar refractivity (Wildman–Crippen MR) is 68.4 cm³/mol. The molecular formula is C13H20N2O3. The maximum atomic E-state index is 11.3. The first-order valence-electron chi connectivity index (χ1n) is 5.81. The van der Waals surface area contributed by atoms with Crippen LogP contribution in [0.15, 0.2) is 18.3 Å². The fourth-order valence-electron chi connectivity index (χ4n) is 1.54. The molecule has 5 heteroatoms. The summed E-state index contributed by atoms with van der Waals surface area (Å²) < 4.78 is 9.73. The predicted octanol–water partition coefficient (Wildman–Crippen LogP) is 1.33. The van der Waals surface area contributed by atoms with E-state index in [2.05, 4.69) is 21.5 Å². The van der Waals surface area contributed by atoms with E-state index in [4.69, 9.17) is 4.74 Å². The number of rotatable bonds is 6. The van der Waals surface area contributed by atoms with E-state index in [1.165, 1.54) is 13.3 Å². The van der Waals surface area contributed by atoms with Gasteiger partial charge in [0.1, 0.15) is 0 Å². The molecule has 0 spiro atoms. The highest BCUT2D eigenvalue weighted by atomic mass is 16.5. The average Bonchev–Trinajstić information content (AvgIpc) is 2.39. The zero-order valence-electron chi connectivity index (χ0n) is 11.3. The van der Waals surface area contributed by atoms with Gasteiger partial charge in [-0.15, -0.1) is 0 Å². The van der Waals surface area contributed by atoms with Gasteiger partial charge in [0, 0.05) is 25.9 Å². The highest BCUT2D eigenvalue weighted by molar-refractivity contribution is 5.88. The Hall–Kier alpha value is -1.46. The Morgan fingerprint density at radius 3 is 2.67 bits per heavy atom. The van der Waals surface area contributed by atoms with Crippen molar-refractivity contribution in [3.63, 3.8) is 0 Å². The molecule has 1 rings (SSSR count). The number of likely N-dealkylation sites (N-methyl/N-ethyl adjacent to an activating group) is 1. The monoisotopic (exact) mass is 252 g/mol. The van der Waals surface area contributed by atoms with Crippen molar-refractivity contribution in [2.45, 2.75) is 19.5 Å². The van der Waals surface area contributed by atoms with Crippen LogP contribution in [0, 0.1) is 0 Å². The second-order valence-corrected chi connectivity index (χ2v) is 4.25. The summed E-state index contributed by atoms with van der Waals surface area (Å²) in [6.07, 6.45) is 1.54. The number of carbonyl (C=O) groups excluding carboxylic acids is 1. The summed E-state index contributed by atoms with van der Waals surface area (Å²) in [6, 6.07) is 3.88. The number of methoxy groups -OCH3 is 2. The first-order chi connectivity index (χ1) is 8.58. The van der Waals surface area contributed by atoms with Crippen molar-refractivity contribution in [3.8, 4) is 0 Å². The van der Waals surface area contributed by atoms with Gasteiger partial charge in [-0.1, -0.05) is 0 Å². The van der Waals surface area contributed by atoms with Crippen LogP contribution in [0.2, 0.25) is 0 Å². The SMILES string of the molecule is COCC(C)N(C)Cc1ccc(C(=O)OC)cn1. The lowest BCUT2D eigenvalue weighted by molar-refractivity contribution is 0.0600. The van der Waals surface area contributed by atoms with Gasteiger partial charge < -0.3 is 9.47 Å². The molecule has 0 aliphatic carbocycles. The van der Waals surface area contributed by atoms with Gasteiger partial charge in [0.15, 0.2) is 0 Å². The van der Waals surface area contributed by atoms with Gasteiger partial charge in [-0.2, -0.15) is 0 Å². The summed E-state index contributed by atoms with van der Waals surface area (Å²) in [7, 11) is 5.06. The Bertz CT molecular complexity index is 378. The highest BCUT2D eigenvalue weighted by Crippen LogP contribution is 2.06. The molecular weight excluding hydrogens is 232 g/mol. The molecule has 0 aliphatic rings. The van der Waals surface area contributed by atoms with Gasteiger partial charge in [0.2, 0.25) is 0 Å². The normalized spacial score (nSPS) is 12.5. The van der Waals surface area contributed by atoms with Gasteiger partial charge in [-0.3, -0.25) is 9.88 Å². The van der Waals surface area contributed by atoms with E-state index in [-0.39, 0.29) is 5.97 Å². The molecule has 0 bridgehead atoms. The van der Waals surface area contributed by atoms with E-state index in [9.17, 15) is 4.79 Å². The van der Waals surface area contributed by atoms with Crippen LogP contribution in [-0.4, -0.2) is 49.8 Å². The third-order valence-corrected chi connectivity index (χ3v) is 2.82. The third kappa shape index (κ3) is 4.09. The molecule has 18 heavy (non-hydrogen) atoms. The van der Waals surface area contributed by atoms with Gasteiger partial charge in [-0.25, -0.2) is 4.79 Å². The molecule has 0 N–H and O–H groups in total. The van der Waals surface area contributed by atoms with E-state index >= 15 is 0 Å². The van der Waals surface area contributed by atoms with Crippen LogP contribution in [0.1, 0.15) is 23.0 Å². The summed E-state index contributed by atoms with van der Waals surface area (Å²) in [4.78, 5) is 17.6. The van der Waals surface area contributed by atoms with E-state index < -0.39 is 0 Å². The largest absolute Gasteiger partial charge is 0.465 e. The van der Waals surface area contributed by atoms with E-state index in [0.29, 0.717) is 24.8 Å². The van der Waals surface area contributed by atoms with Gasteiger partial charge >= 0.3 is 5.97 Å². The molecule has 5 nitrogen and oxygen atoms in total. The molecule has 0 amide bonds. The standard InChI is InChI=1S/C13H20N2O3/c1-10(9-17-3)15(2)8-12-6-5-11(7-14-12)13(16)18-4/h5-7,10H,8-9H2,1-4H3. The zero-order chi connectivity index (χ0) is 13.5. The van der Waals surface area contributed by atoms with Crippen LogP contribution >= 0.6 is 0 Å². The summed E-state index contributed by atoms with van der Waals surface area (Å²) in [5.74, 6) is -0.366. The fourth-order valence-corrected chi connectivity index (χ4v) is 1.54. The summed E-state index contributed by atoms with van der Waals surface area (Å²) in [5, 5.41) is 0. The molecule has 0 aromatic carbocycles. The van der Waals surface area contributed by atoms with Crippen LogP contribution < -0.4 is 0 Å². The summed E-state index contributed by atoms with van der Waals surface area (Å²) in [6.45, 7) is 3.48. The van der Waals surface area contributed by atoms with Gasteiger partial charge in [0.25, 0.3) is 0 Å². The Labute approximate surface area is 108 Å². The topological polar surface area (TPSA) is 51.7 Å². The number of aromatic nitrogens is 1. The molecule has 0 saturated heterocycles. The Balaban J connectivity index is 2.60. The summed E-state index contributed by atoms with van der Waals surface area (Å²) >= 11 is 0. The maximum Gasteiger partial charge on any atom is 0.339 e. The number of hydrogen-bond donors (Lipinski definition) is 0.